The molecule has 1 nitrogen and oxygen atoms in total. The lowest BCUT2D eigenvalue weighted by Crippen LogP contribution is -2.40. The van der Waals surface area contributed by atoms with Crippen molar-refractivity contribution >= 4 is 0 Å². The van der Waals surface area contributed by atoms with E-state index < -0.39 is 0 Å². The standard InChI is InChI=1S/C22H27FO/c1-13-12-21(3,4)17-11-18(24)14(2)19(20(17)22(13,5)6)15-7-9-16(23)10-8-15/h7-11,13,24H,12H2,1-6H3. The van der Waals surface area contributed by atoms with Gasteiger partial charge in [-0.3, -0.25) is 0 Å². The van der Waals surface area contributed by atoms with Gasteiger partial charge in [0.1, 0.15) is 11.6 Å². The summed E-state index contributed by atoms with van der Waals surface area (Å²) in [5.74, 6) is 0.605. The largest absolute Gasteiger partial charge is 0.508 e. The third-order valence-corrected chi connectivity index (χ3v) is 6.11. The molecule has 0 aromatic heterocycles. The van der Waals surface area contributed by atoms with Gasteiger partial charge in [-0.25, -0.2) is 4.39 Å². The molecule has 0 fully saturated rings. The molecule has 0 radical (unpaired) electrons. The maximum atomic E-state index is 13.4. The molecule has 3 rings (SSSR count). The highest BCUT2D eigenvalue weighted by atomic mass is 19.1. The third-order valence-electron chi connectivity index (χ3n) is 6.11. The molecule has 0 saturated heterocycles. The van der Waals surface area contributed by atoms with Crippen molar-refractivity contribution < 1.29 is 9.50 Å². The number of aromatic hydroxyl groups is 1. The van der Waals surface area contributed by atoms with Crippen molar-refractivity contribution in [1.82, 2.24) is 0 Å². The lowest BCUT2D eigenvalue weighted by Gasteiger charge is -2.48. The van der Waals surface area contributed by atoms with Crippen molar-refractivity contribution in [2.45, 2.75) is 58.8 Å². The third kappa shape index (κ3) is 2.44. The maximum absolute atomic E-state index is 13.4. The first-order valence-corrected chi connectivity index (χ1v) is 8.69. The minimum absolute atomic E-state index is 0.00420. The minimum atomic E-state index is -0.238. The molecular formula is C22H27FO. The van der Waals surface area contributed by atoms with E-state index >= 15 is 0 Å². The fraction of sp³-hybridized carbons (Fsp3) is 0.455. The van der Waals surface area contributed by atoms with Crippen LogP contribution in [-0.2, 0) is 10.8 Å². The van der Waals surface area contributed by atoms with Crippen molar-refractivity contribution in [2.75, 3.05) is 0 Å². The summed E-state index contributed by atoms with van der Waals surface area (Å²) in [5, 5.41) is 10.6. The summed E-state index contributed by atoms with van der Waals surface area (Å²) in [4.78, 5) is 0. The molecule has 2 aromatic carbocycles. The lowest BCUT2D eigenvalue weighted by molar-refractivity contribution is 0.233. The van der Waals surface area contributed by atoms with Crippen LogP contribution in [0.2, 0.25) is 0 Å². The van der Waals surface area contributed by atoms with Crippen LogP contribution < -0.4 is 0 Å². The van der Waals surface area contributed by atoms with Crippen LogP contribution in [0.5, 0.6) is 5.75 Å². The summed E-state index contributed by atoms with van der Waals surface area (Å²) in [6.45, 7) is 13.3. The van der Waals surface area contributed by atoms with Crippen molar-refractivity contribution in [2.24, 2.45) is 5.92 Å². The van der Waals surface area contributed by atoms with Gasteiger partial charge >= 0.3 is 0 Å². The monoisotopic (exact) mass is 326 g/mol. The Kier molecular flexibility index (Phi) is 3.78. The second kappa shape index (κ2) is 5.34. The van der Waals surface area contributed by atoms with Gasteiger partial charge < -0.3 is 5.11 Å². The summed E-state index contributed by atoms with van der Waals surface area (Å²) in [6.07, 6.45) is 1.08. The number of hydrogen-bond donors (Lipinski definition) is 1. The van der Waals surface area contributed by atoms with Crippen molar-refractivity contribution in [1.29, 1.82) is 0 Å². The Morgan fingerprint density at radius 2 is 1.67 bits per heavy atom. The van der Waals surface area contributed by atoms with E-state index in [9.17, 15) is 9.50 Å². The summed E-state index contributed by atoms with van der Waals surface area (Å²) >= 11 is 0. The van der Waals surface area contributed by atoms with Crippen LogP contribution in [0.4, 0.5) is 4.39 Å². The molecule has 128 valence electrons. The van der Waals surface area contributed by atoms with Gasteiger partial charge in [0.25, 0.3) is 0 Å². The van der Waals surface area contributed by atoms with E-state index in [1.54, 1.807) is 0 Å². The Balaban J connectivity index is 2.42. The predicted molar refractivity (Wildman–Crippen MR) is 98.1 cm³/mol. The molecule has 0 saturated carbocycles. The zero-order chi connectivity index (χ0) is 17.9. The molecule has 1 unspecified atom stereocenters. The molecule has 2 heteroatoms. The average Bonchev–Trinajstić information content (AvgIpc) is 2.48. The normalized spacial score (nSPS) is 21.4. The highest BCUT2D eigenvalue weighted by Crippen LogP contribution is 2.54. The first kappa shape index (κ1) is 17.0. The Hall–Kier alpha value is -1.83. The number of hydrogen-bond acceptors (Lipinski definition) is 1. The van der Waals surface area contributed by atoms with Crippen molar-refractivity contribution in [3.63, 3.8) is 0 Å². The van der Waals surface area contributed by atoms with E-state index in [0.717, 1.165) is 23.1 Å². The first-order valence-electron chi connectivity index (χ1n) is 8.69. The number of halogens is 1. The fourth-order valence-electron chi connectivity index (χ4n) is 4.32. The molecule has 0 spiro atoms. The highest BCUT2D eigenvalue weighted by Gasteiger charge is 2.44. The van der Waals surface area contributed by atoms with Gasteiger partial charge in [0.15, 0.2) is 0 Å². The summed E-state index contributed by atoms with van der Waals surface area (Å²) in [5.41, 5.74) is 5.42. The maximum Gasteiger partial charge on any atom is 0.123 e. The zero-order valence-electron chi connectivity index (χ0n) is 15.5. The van der Waals surface area contributed by atoms with E-state index in [2.05, 4.69) is 34.6 Å². The second-order valence-electron chi connectivity index (χ2n) is 8.54. The quantitative estimate of drug-likeness (QED) is 0.671. The molecule has 0 bridgehead atoms. The molecule has 24 heavy (non-hydrogen) atoms. The number of benzene rings is 2. The van der Waals surface area contributed by atoms with Gasteiger partial charge in [0.2, 0.25) is 0 Å². The molecule has 0 aliphatic heterocycles. The Labute approximate surface area is 144 Å². The molecule has 1 N–H and O–H groups in total. The van der Waals surface area contributed by atoms with Crippen LogP contribution in [0.25, 0.3) is 11.1 Å². The van der Waals surface area contributed by atoms with Gasteiger partial charge in [-0.1, -0.05) is 46.8 Å². The number of phenolic OH excluding ortho intramolecular Hbond substituents is 1. The molecule has 2 aromatic rings. The molecule has 1 atom stereocenters. The molecule has 1 aliphatic carbocycles. The summed E-state index contributed by atoms with van der Waals surface area (Å²) in [7, 11) is 0. The number of phenols is 1. The van der Waals surface area contributed by atoms with Crippen LogP contribution in [-0.4, -0.2) is 5.11 Å². The molecule has 1 aliphatic rings. The van der Waals surface area contributed by atoms with Gasteiger partial charge in [-0.05, 0) is 76.1 Å². The number of rotatable bonds is 1. The minimum Gasteiger partial charge on any atom is -0.508 e. The highest BCUT2D eigenvalue weighted by molar-refractivity contribution is 5.77. The van der Waals surface area contributed by atoms with Crippen LogP contribution in [0, 0.1) is 18.7 Å². The Morgan fingerprint density at radius 1 is 1.08 bits per heavy atom. The van der Waals surface area contributed by atoms with Gasteiger partial charge in [0, 0.05) is 0 Å². The van der Waals surface area contributed by atoms with Crippen molar-refractivity contribution in [3.8, 4) is 16.9 Å². The van der Waals surface area contributed by atoms with Gasteiger partial charge in [-0.15, -0.1) is 0 Å². The van der Waals surface area contributed by atoms with Crippen LogP contribution >= 0.6 is 0 Å². The smallest absolute Gasteiger partial charge is 0.123 e. The molecule has 0 heterocycles. The Bertz CT molecular complexity index is 785. The molecular weight excluding hydrogens is 299 g/mol. The summed E-state index contributed by atoms with van der Waals surface area (Å²) < 4.78 is 13.4. The molecule has 0 amide bonds. The zero-order valence-corrected chi connectivity index (χ0v) is 15.5. The average molecular weight is 326 g/mol. The van der Waals surface area contributed by atoms with Crippen LogP contribution in [0.3, 0.4) is 0 Å². The first-order chi connectivity index (χ1) is 11.1. The number of fused-ring (bicyclic) bond motifs is 1. The van der Waals surface area contributed by atoms with E-state index in [1.165, 1.54) is 23.3 Å². The van der Waals surface area contributed by atoms with Crippen molar-refractivity contribution in [3.05, 3.63) is 52.8 Å². The van der Waals surface area contributed by atoms with E-state index in [1.807, 2.05) is 25.1 Å². The predicted octanol–water partition coefficient (Wildman–Crippen LogP) is 6.10. The van der Waals surface area contributed by atoms with E-state index in [4.69, 9.17) is 0 Å². The van der Waals surface area contributed by atoms with Crippen LogP contribution in [0.15, 0.2) is 30.3 Å². The SMILES string of the molecule is Cc1c(O)cc2c(c1-c1ccc(F)cc1)C(C)(C)C(C)CC2(C)C. The van der Waals surface area contributed by atoms with Gasteiger partial charge in [-0.2, -0.15) is 0 Å². The van der Waals surface area contributed by atoms with Gasteiger partial charge in [0.05, 0.1) is 0 Å². The van der Waals surface area contributed by atoms with E-state index in [-0.39, 0.29) is 16.6 Å². The topological polar surface area (TPSA) is 20.2 Å². The lowest BCUT2D eigenvalue weighted by atomic mass is 9.56. The second-order valence-corrected chi connectivity index (χ2v) is 8.54. The van der Waals surface area contributed by atoms with Crippen LogP contribution in [0.1, 0.15) is 57.7 Å². The fourth-order valence-corrected chi connectivity index (χ4v) is 4.32. The summed E-state index contributed by atoms with van der Waals surface area (Å²) in [6, 6.07) is 8.58. The Morgan fingerprint density at radius 3 is 2.25 bits per heavy atom. The van der Waals surface area contributed by atoms with E-state index in [0.29, 0.717) is 11.7 Å².